The van der Waals surface area contributed by atoms with Crippen molar-refractivity contribution in [2.75, 3.05) is 0 Å². The second-order valence-corrected chi connectivity index (χ2v) is 41.4. The fourth-order valence-electron chi connectivity index (χ4n) is 10.8. The molecule has 4 aromatic carbocycles. The third-order valence-electron chi connectivity index (χ3n) is 13.7. The van der Waals surface area contributed by atoms with Crippen molar-refractivity contribution in [1.82, 2.24) is 0 Å². The van der Waals surface area contributed by atoms with Gasteiger partial charge < -0.3 is 0 Å². The zero-order valence-electron chi connectivity index (χ0n) is 35.5. The molecule has 1 saturated heterocycles. The quantitative estimate of drug-likeness (QED) is 0.0982. The molecule has 3 aliphatic rings. The SMILES string of the molecule is CCCCCC[Si]1(CCCCCC)C2=Cc3c(-c4cccc(C(C)(C)C)c4)cccc3[CH]2[Hf]([CH3])([CH3])[CH]2C1=Cc1c(-c3cccc(C(C)(C)C)c3)cccc12. The number of hydrogen-bond donors (Lipinski definition) is 0. The molecule has 0 saturated carbocycles. The molecule has 284 valence electrons. The van der Waals surface area contributed by atoms with Gasteiger partial charge in [-0.2, -0.15) is 0 Å². The van der Waals surface area contributed by atoms with Gasteiger partial charge in [0, 0.05) is 0 Å². The van der Waals surface area contributed by atoms with Crippen LogP contribution < -0.4 is 0 Å². The molecule has 0 nitrogen and oxygen atoms in total. The number of benzene rings is 4. The van der Waals surface area contributed by atoms with Gasteiger partial charge in [0.25, 0.3) is 0 Å². The van der Waals surface area contributed by atoms with Gasteiger partial charge in [0.2, 0.25) is 0 Å². The van der Waals surface area contributed by atoms with E-state index in [2.05, 4.69) is 162 Å². The number of rotatable bonds is 12. The third kappa shape index (κ3) is 7.15. The van der Waals surface area contributed by atoms with Gasteiger partial charge in [-0.15, -0.1) is 0 Å². The summed E-state index contributed by atoms with van der Waals surface area (Å²) in [7, 11) is -2.08. The van der Waals surface area contributed by atoms with Crippen LogP contribution in [0.3, 0.4) is 0 Å². The molecule has 2 atom stereocenters. The van der Waals surface area contributed by atoms with Gasteiger partial charge in [-0.05, 0) is 0 Å². The van der Waals surface area contributed by atoms with E-state index < -0.39 is 28.0 Å². The first-order valence-corrected chi connectivity index (χ1v) is 35.4. The van der Waals surface area contributed by atoms with Crippen LogP contribution in [-0.2, 0) is 30.8 Å². The molecule has 1 aliphatic heterocycles. The van der Waals surface area contributed by atoms with E-state index in [1.165, 1.54) is 96.8 Å². The second-order valence-electron chi connectivity index (χ2n) is 19.9. The van der Waals surface area contributed by atoms with E-state index in [1.807, 2.05) is 10.4 Å². The van der Waals surface area contributed by atoms with Crippen molar-refractivity contribution >= 4 is 20.2 Å². The molecule has 0 spiro atoms. The Morgan fingerprint density at radius 1 is 0.519 bits per heavy atom. The third-order valence-corrected chi connectivity index (χ3v) is 36.4. The fraction of sp³-hybridized carbons (Fsp3) is 0.462. The molecule has 7 rings (SSSR count). The monoisotopic (exact) mass is 900 g/mol. The average Bonchev–Trinajstić information content (AvgIpc) is 3.75. The summed E-state index contributed by atoms with van der Waals surface area (Å²) in [5.41, 5.74) is 15.4. The standard InChI is InChI=1S/C50H62Si.2CH3.Hf/c1-9-11-13-15-29-51(30-16-14-12-10-2,43-33-39-23-19-27-45(47(39)35-43)37-21-17-25-41(31-37)49(3,4)5)44-34-40-24-20-28-46(48(40)36-44)38-22-18-26-42(32-38)50(6,7)8;;;/h17-28,31-36H,9-16,29-30H2,1-8H3;2*1H3;. The molecule has 0 radical (unpaired) electrons. The summed E-state index contributed by atoms with van der Waals surface area (Å²) in [5, 5.41) is 3.92. The zero-order valence-corrected chi connectivity index (χ0v) is 40.1. The van der Waals surface area contributed by atoms with Crippen LogP contribution in [0.15, 0.2) is 95.3 Å². The van der Waals surface area contributed by atoms with Crippen LogP contribution in [0.5, 0.6) is 0 Å². The molecule has 1 heterocycles. The van der Waals surface area contributed by atoms with Crippen LogP contribution >= 0.6 is 0 Å². The van der Waals surface area contributed by atoms with E-state index >= 15 is 0 Å². The van der Waals surface area contributed by atoms with Gasteiger partial charge in [-0.1, -0.05) is 0 Å². The Labute approximate surface area is 335 Å². The van der Waals surface area contributed by atoms with Gasteiger partial charge in [-0.25, -0.2) is 0 Å². The topological polar surface area (TPSA) is 0 Å². The number of unbranched alkanes of at least 4 members (excludes halogenated alkanes) is 6. The summed E-state index contributed by atoms with van der Waals surface area (Å²) in [6, 6.07) is 36.7. The van der Waals surface area contributed by atoms with Crippen molar-refractivity contribution in [3.8, 4) is 22.3 Å². The Kier molecular flexibility index (Phi) is 11.3. The van der Waals surface area contributed by atoms with E-state index in [1.54, 1.807) is 22.3 Å². The molecule has 54 heavy (non-hydrogen) atoms. The predicted molar refractivity (Wildman–Crippen MR) is 238 cm³/mol. The van der Waals surface area contributed by atoms with Crippen LogP contribution in [0.1, 0.15) is 147 Å². The molecule has 2 heteroatoms. The molecule has 0 bridgehead atoms. The van der Waals surface area contributed by atoms with Crippen molar-refractivity contribution < 1.29 is 20.0 Å². The van der Waals surface area contributed by atoms with Crippen LogP contribution in [0.2, 0.25) is 21.4 Å². The molecule has 0 amide bonds. The van der Waals surface area contributed by atoms with Crippen LogP contribution in [0.25, 0.3) is 34.4 Å². The zero-order chi connectivity index (χ0) is 38.5. The van der Waals surface area contributed by atoms with Crippen LogP contribution in [-0.4, -0.2) is 8.07 Å². The Morgan fingerprint density at radius 3 is 1.31 bits per heavy atom. The molecule has 0 aromatic heterocycles. The number of hydrogen-bond acceptors (Lipinski definition) is 0. The van der Waals surface area contributed by atoms with Crippen molar-refractivity contribution in [3.63, 3.8) is 0 Å². The van der Waals surface area contributed by atoms with Gasteiger partial charge in [-0.3, -0.25) is 0 Å². The van der Waals surface area contributed by atoms with E-state index in [-0.39, 0.29) is 10.8 Å². The molecular formula is C52H68HfSi. The summed E-state index contributed by atoms with van der Waals surface area (Å²) in [4.78, 5) is 0. The molecule has 4 aromatic rings. The summed E-state index contributed by atoms with van der Waals surface area (Å²) >= 11 is -3.20. The van der Waals surface area contributed by atoms with Crippen LogP contribution in [0, 0.1) is 0 Å². The van der Waals surface area contributed by atoms with Crippen molar-refractivity contribution in [3.05, 3.63) is 129 Å². The molecule has 0 N–H and O–H groups in total. The summed E-state index contributed by atoms with van der Waals surface area (Å²) in [6.45, 7) is 18.9. The Balaban J connectivity index is 1.45. The van der Waals surface area contributed by atoms with Crippen LogP contribution in [0.4, 0.5) is 0 Å². The fourth-order valence-corrected chi connectivity index (χ4v) is 43.7. The van der Waals surface area contributed by atoms with Gasteiger partial charge in [0.1, 0.15) is 0 Å². The summed E-state index contributed by atoms with van der Waals surface area (Å²) in [5.74, 6) is 0. The van der Waals surface area contributed by atoms with E-state index in [9.17, 15) is 0 Å². The second kappa shape index (κ2) is 15.4. The minimum absolute atomic E-state index is 0.128. The maximum absolute atomic E-state index is 3.20. The summed E-state index contributed by atoms with van der Waals surface area (Å²) < 4.78 is 7.06. The van der Waals surface area contributed by atoms with E-state index in [4.69, 9.17) is 0 Å². The minimum atomic E-state index is -3.20. The Hall–Kier alpha value is -2.55. The van der Waals surface area contributed by atoms with Crippen molar-refractivity contribution in [2.45, 2.75) is 146 Å². The van der Waals surface area contributed by atoms with Gasteiger partial charge in [0.05, 0.1) is 0 Å². The maximum atomic E-state index is 2.86. The Morgan fingerprint density at radius 2 is 0.926 bits per heavy atom. The summed E-state index contributed by atoms with van der Waals surface area (Å²) in [6.07, 6.45) is 16.6. The Bertz CT molecular complexity index is 1910. The first kappa shape index (κ1) is 39.7. The predicted octanol–water partition coefficient (Wildman–Crippen LogP) is 16.1. The average molecular weight is 900 g/mol. The molecule has 2 aliphatic carbocycles. The molecule has 1 fully saturated rings. The first-order valence-electron chi connectivity index (χ1n) is 21.6. The van der Waals surface area contributed by atoms with Crippen molar-refractivity contribution in [2.24, 2.45) is 0 Å². The molecular weight excluding hydrogens is 831 g/mol. The first-order chi connectivity index (χ1) is 25.7. The van der Waals surface area contributed by atoms with Gasteiger partial charge >= 0.3 is 338 Å². The normalized spacial score (nSPS) is 19.4. The van der Waals surface area contributed by atoms with Gasteiger partial charge in [0.15, 0.2) is 0 Å². The van der Waals surface area contributed by atoms with E-state index in [0.29, 0.717) is 7.35 Å². The number of fused-ring (bicyclic) bond motifs is 6. The molecule has 2 unspecified atom stereocenters. The number of allylic oxidation sites excluding steroid dienone is 2. The van der Waals surface area contributed by atoms with Crippen molar-refractivity contribution in [1.29, 1.82) is 0 Å². The van der Waals surface area contributed by atoms with E-state index in [0.717, 1.165) is 0 Å².